The molecule has 2 atom stereocenters. The molecule has 1 saturated heterocycles. The van der Waals surface area contributed by atoms with E-state index in [1.165, 1.54) is 24.0 Å². The first-order valence-electron chi connectivity index (χ1n) is 7.24. The normalized spacial score (nSPS) is 22.5. The van der Waals surface area contributed by atoms with E-state index < -0.39 is 0 Å². The lowest BCUT2D eigenvalue weighted by Crippen LogP contribution is -2.32. The molecule has 2 aromatic rings. The minimum atomic E-state index is 0.649. The van der Waals surface area contributed by atoms with Crippen molar-refractivity contribution in [3.8, 4) is 0 Å². The van der Waals surface area contributed by atoms with Gasteiger partial charge in [0.05, 0.1) is 0 Å². The summed E-state index contributed by atoms with van der Waals surface area (Å²) in [4.78, 5) is 0. The molecule has 1 heteroatoms. The van der Waals surface area contributed by atoms with E-state index in [0.717, 1.165) is 12.8 Å². The smallest absolute Gasteiger partial charge is 0.0111 e. The summed E-state index contributed by atoms with van der Waals surface area (Å²) in [6.45, 7) is 0. The third-order valence-corrected chi connectivity index (χ3v) is 3.98. The molecule has 3 rings (SSSR count). The summed E-state index contributed by atoms with van der Waals surface area (Å²) in [6.07, 6.45) is 4.91. The van der Waals surface area contributed by atoms with Crippen LogP contribution >= 0.6 is 0 Å². The molecule has 1 fully saturated rings. The number of rotatable bonds is 4. The molecule has 98 valence electrons. The van der Waals surface area contributed by atoms with Crippen LogP contribution in [0.25, 0.3) is 0 Å². The van der Waals surface area contributed by atoms with Gasteiger partial charge in [0.2, 0.25) is 0 Å². The Hall–Kier alpha value is -1.60. The van der Waals surface area contributed by atoms with Crippen LogP contribution in [0.2, 0.25) is 0 Å². The molecule has 1 nitrogen and oxygen atoms in total. The van der Waals surface area contributed by atoms with E-state index in [9.17, 15) is 0 Å². The van der Waals surface area contributed by atoms with Crippen molar-refractivity contribution < 1.29 is 0 Å². The molecule has 1 aliphatic heterocycles. The quantitative estimate of drug-likeness (QED) is 0.875. The number of hydrogen-bond acceptors (Lipinski definition) is 1. The first kappa shape index (κ1) is 12.4. The fourth-order valence-electron chi connectivity index (χ4n) is 3.02. The monoisotopic (exact) mass is 251 g/mol. The van der Waals surface area contributed by atoms with Crippen LogP contribution in [0.15, 0.2) is 60.7 Å². The SMILES string of the molecule is c1ccc(C[C@H]2CC[C@H](Cc3ccccc3)N2)cc1. The van der Waals surface area contributed by atoms with E-state index in [0.29, 0.717) is 12.1 Å². The van der Waals surface area contributed by atoms with Gasteiger partial charge in [-0.25, -0.2) is 0 Å². The minimum Gasteiger partial charge on any atom is -0.311 e. The molecule has 1 heterocycles. The van der Waals surface area contributed by atoms with Crippen molar-refractivity contribution in [3.63, 3.8) is 0 Å². The molecule has 1 N–H and O–H groups in total. The molecule has 19 heavy (non-hydrogen) atoms. The zero-order chi connectivity index (χ0) is 12.9. The maximum Gasteiger partial charge on any atom is 0.0111 e. The van der Waals surface area contributed by atoms with Gasteiger partial charge in [-0.05, 0) is 36.8 Å². The average molecular weight is 251 g/mol. The number of hydrogen-bond donors (Lipinski definition) is 1. The highest BCUT2D eigenvalue weighted by atomic mass is 15.0. The summed E-state index contributed by atoms with van der Waals surface area (Å²) >= 11 is 0. The van der Waals surface area contributed by atoms with Crippen LogP contribution in [0.4, 0.5) is 0 Å². The van der Waals surface area contributed by atoms with E-state index in [1.54, 1.807) is 0 Å². The van der Waals surface area contributed by atoms with E-state index in [-0.39, 0.29) is 0 Å². The molecule has 0 bridgehead atoms. The van der Waals surface area contributed by atoms with Gasteiger partial charge < -0.3 is 5.32 Å². The fraction of sp³-hybridized carbons (Fsp3) is 0.333. The molecule has 0 spiro atoms. The third kappa shape index (κ3) is 3.45. The van der Waals surface area contributed by atoms with Crippen molar-refractivity contribution in [1.29, 1.82) is 0 Å². The van der Waals surface area contributed by atoms with Crippen LogP contribution in [-0.4, -0.2) is 12.1 Å². The molecular weight excluding hydrogens is 230 g/mol. The van der Waals surface area contributed by atoms with Gasteiger partial charge in [0.15, 0.2) is 0 Å². The van der Waals surface area contributed by atoms with E-state index >= 15 is 0 Å². The van der Waals surface area contributed by atoms with Crippen molar-refractivity contribution in [2.75, 3.05) is 0 Å². The predicted octanol–water partition coefficient (Wildman–Crippen LogP) is 3.59. The second-order valence-electron chi connectivity index (χ2n) is 5.52. The van der Waals surface area contributed by atoms with Gasteiger partial charge >= 0.3 is 0 Å². The van der Waals surface area contributed by atoms with E-state index in [2.05, 4.69) is 66.0 Å². The van der Waals surface area contributed by atoms with Crippen molar-refractivity contribution >= 4 is 0 Å². The molecule has 0 radical (unpaired) electrons. The summed E-state index contributed by atoms with van der Waals surface area (Å²) in [7, 11) is 0. The van der Waals surface area contributed by atoms with Gasteiger partial charge in [-0.3, -0.25) is 0 Å². The van der Waals surface area contributed by atoms with Crippen LogP contribution < -0.4 is 5.32 Å². The highest BCUT2D eigenvalue weighted by Crippen LogP contribution is 2.19. The first-order valence-corrected chi connectivity index (χ1v) is 7.24. The van der Waals surface area contributed by atoms with Crippen molar-refractivity contribution in [2.24, 2.45) is 0 Å². The van der Waals surface area contributed by atoms with Crippen LogP contribution in [0.3, 0.4) is 0 Å². The lowest BCUT2D eigenvalue weighted by molar-refractivity contribution is 0.532. The van der Waals surface area contributed by atoms with Gasteiger partial charge in [-0.1, -0.05) is 60.7 Å². The molecular formula is C18H21N. The molecule has 2 aromatic carbocycles. The molecule has 0 amide bonds. The zero-order valence-corrected chi connectivity index (χ0v) is 11.3. The highest BCUT2D eigenvalue weighted by Gasteiger charge is 2.23. The Labute approximate surface area is 115 Å². The van der Waals surface area contributed by atoms with E-state index in [1.807, 2.05) is 0 Å². The summed E-state index contributed by atoms with van der Waals surface area (Å²) in [6, 6.07) is 22.9. The van der Waals surface area contributed by atoms with Gasteiger partial charge in [-0.2, -0.15) is 0 Å². The molecule has 0 unspecified atom stereocenters. The standard InChI is InChI=1S/C18H21N/c1-3-7-15(8-4-1)13-17-11-12-18(19-17)14-16-9-5-2-6-10-16/h1-10,17-19H,11-14H2/t17-,18-/m1/s1. The summed E-state index contributed by atoms with van der Waals surface area (Å²) in [5, 5.41) is 3.79. The third-order valence-electron chi connectivity index (χ3n) is 3.98. The lowest BCUT2D eigenvalue weighted by Gasteiger charge is -2.14. The average Bonchev–Trinajstić information content (AvgIpc) is 2.88. The largest absolute Gasteiger partial charge is 0.311 e. The van der Waals surface area contributed by atoms with Gasteiger partial charge in [0.1, 0.15) is 0 Å². The van der Waals surface area contributed by atoms with Crippen molar-refractivity contribution in [3.05, 3.63) is 71.8 Å². The van der Waals surface area contributed by atoms with Crippen molar-refractivity contribution in [1.82, 2.24) is 5.32 Å². The topological polar surface area (TPSA) is 12.0 Å². The highest BCUT2D eigenvalue weighted by molar-refractivity contribution is 5.18. The Morgan fingerprint density at radius 1 is 0.684 bits per heavy atom. The van der Waals surface area contributed by atoms with E-state index in [4.69, 9.17) is 0 Å². The van der Waals surface area contributed by atoms with Gasteiger partial charge in [0.25, 0.3) is 0 Å². The lowest BCUT2D eigenvalue weighted by atomic mass is 10.0. The Balaban J connectivity index is 1.53. The second kappa shape index (κ2) is 6.03. The summed E-state index contributed by atoms with van der Waals surface area (Å²) < 4.78 is 0. The second-order valence-corrected chi connectivity index (χ2v) is 5.52. The maximum atomic E-state index is 3.79. The maximum absolute atomic E-state index is 3.79. The van der Waals surface area contributed by atoms with Crippen molar-refractivity contribution in [2.45, 2.75) is 37.8 Å². The first-order chi connectivity index (χ1) is 9.40. The Bertz CT molecular complexity index is 444. The zero-order valence-electron chi connectivity index (χ0n) is 11.3. The fourth-order valence-corrected chi connectivity index (χ4v) is 3.02. The molecule has 1 aliphatic rings. The van der Waals surface area contributed by atoms with Crippen LogP contribution in [0.1, 0.15) is 24.0 Å². The number of nitrogens with one attached hydrogen (secondary N) is 1. The van der Waals surface area contributed by atoms with Gasteiger partial charge in [-0.15, -0.1) is 0 Å². The predicted molar refractivity (Wildman–Crippen MR) is 80.2 cm³/mol. The summed E-state index contributed by atoms with van der Waals surface area (Å²) in [5.74, 6) is 0. The Kier molecular flexibility index (Phi) is 3.95. The van der Waals surface area contributed by atoms with Gasteiger partial charge in [0, 0.05) is 12.1 Å². The Morgan fingerprint density at radius 3 is 1.53 bits per heavy atom. The summed E-state index contributed by atoms with van der Waals surface area (Å²) in [5.41, 5.74) is 2.89. The van der Waals surface area contributed by atoms with Crippen LogP contribution in [0.5, 0.6) is 0 Å². The van der Waals surface area contributed by atoms with Crippen LogP contribution in [0, 0.1) is 0 Å². The molecule has 0 aliphatic carbocycles. The van der Waals surface area contributed by atoms with Crippen LogP contribution in [-0.2, 0) is 12.8 Å². The number of benzene rings is 2. The molecule has 0 aromatic heterocycles. The Morgan fingerprint density at radius 2 is 1.11 bits per heavy atom. The molecule has 0 saturated carbocycles. The minimum absolute atomic E-state index is 0.649.